The standard InChI is InChI=1S/C30H39N3O2/c1-5-6-20-32(22-27-18-13-19-31(27)4)28(34)23-33(21-24(2)3)30(35)29(25-14-9-7-10-15-25)26-16-11-8-12-17-26/h7-19,24,29H,5-6,20-23H2,1-4H3. The predicted molar refractivity (Wildman–Crippen MR) is 142 cm³/mol. The van der Waals surface area contributed by atoms with Gasteiger partial charge in [-0.2, -0.15) is 0 Å². The van der Waals surface area contributed by atoms with Gasteiger partial charge in [-0.05, 0) is 35.6 Å². The van der Waals surface area contributed by atoms with Gasteiger partial charge >= 0.3 is 0 Å². The van der Waals surface area contributed by atoms with E-state index in [0.717, 1.165) is 29.7 Å². The van der Waals surface area contributed by atoms with Crippen molar-refractivity contribution in [3.63, 3.8) is 0 Å². The summed E-state index contributed by atoms with van der Waals surface area (Å²) in [5.74, 6) is -0.232. The first-order valence-electron chi connectivity index (χ1n) is 12.7. The summed E-state index contributed by atoms with van der Waals surface area (Å²) < 4.78 is 2.05. The Kier molecular flexibility index (Phi) is 9.71. The first-order chi connectivity index (χ1) is 16.9. The lowest BCUT2D eigenvalue weighted by Gasteiger charge is -2.31. The Morgan fingerprint density at radius 1 is 0.857 bits per heavy atom. The molecule has 186 valence electrons. The largest absolute Gasteiger partial charge is 0.353 e. The van der Waals surface area contributed by atoms with E-state index in [9.17, 15) is 9.59 Å². The van der Waals surface area contributed by atoms with Gasteiger partial charge in [-0.1, -0.05) is 87.9 Å². The summed E-state index contributed by atoms with van der Waals surface area (Å²) in [7, 11) is 2.00. The van der Waals surface area contributed by atoms with Gasteiger partial charge in [0.15, 0.2) is 0 Å². The highest BCUT2D eigenvalue weighted by Gasteiger charge is 2.30. The molecule has 0 saturated heterocycles. The lowest BCUT2D eigenvalue weighted by molar-refractivity contribution is -0.141. The Morgan fingerprint density at radius 3 is 1.94 bits per heavy atom. The molecule has 0 aliphatic heterocycles. The first kappa shape index (κ1) is 26.3. The molecule has 35 heavy (non-hydrogen) atoms. The number of carbonyl (C=O) groups excluding carboxylic acids is 2. The van der Waals surface area contributed by atoms with Crippen molar-refractivity contribution < 1.29 is 9.59 Å². The summed E-state index contributed by atoms with van der Waals surface area (Å²) in [6.07, 6.45) is 3.94. The van der Waals surface area contributed by atoms with Gasteiger partial charge < -0.3 is 14.4 Å². The second kappa shape index (κ2) is 12.9. The number of amides is 2. The van der Waals surface area contributed by atoms with E-state index < -0.39 is 5.92 Å². The zero-order valence-electron chi connectivity index (χ0n) is 21.6. The van der Waals surface area contributed by atoms with E-state index >= 15 is 0 Å². The smallest absolute Gasteiger partial charge is 0.242 e. The fourth-order valence-corrected chi connectivity index (χ4v) is 4.38. The van der Waals surface area contributed by atoms with Crippen LogP contribution in [0.15, 0.2) is 79.0 Å². The highest BCUT2D eigenvalue weighted by Crippen LogP contribution is 2.27. The monoisotopic (exact) mass is 473 g/mol. The molecule has 0 aliphatic carbocycles. The zero-order chi connectivity index (χ0) is 25.2. The second-order valence-corrected chi connectivity index (χ2v) is 9.65. The fourth-order valence-electron chi connectivity index (χ4n) is 4.38. The number of benzene rings is 2. The Bertz CT molecular complexity index is 1020. The third-order valence-electron chi connectivity index (χ3n) is 6.27. The summed E-state index contributed by atoms with van der Waals surface area (Å²) in [4.78, 5) is 31.3. The zero-order valence-corrected chi connectivity index (χ0v) is 21.6. The van der Waals surface area contributed by atoms with Crippen molar-refractivity contribution in [2.45, 2.75) is 46.1 Å². The summed E-state index contributed by atoms with van der Waals surface area (Å²) in [6.45, 7) is 8.16. The first-order valence-corrected chi connectivity index (χ1v) is 12.7. The molecule has 0 bridgehead atoms. The maximum atomic E-state index is 14.1. The Morgan fingerprint density at radius 2 is 1.46 bits per heavy atom. The number of rotatable bonds is 12. The van der Waals surface area contributed by atoms with Crippen molar-refractivity contribution in [2.24, 2.45) is 13.0 Å². The topological polar surface area (TPSA) is 45.6 Å². The number of hydrogen-bond donors (Lipinski definition) is 0. The maximum absolute atomic E-state index is 14.1. The summed E-state index contributed by atoms with van der Waals surface area (Å²) in [5, 5.41) is 0. The molecule has 0 N–H and O–H groups in total. The molecular formula is C30H39N3O2. The molecule has 1 aromatic heterocycles. The van der Waals surface area contributed by atoms with E-state index in [1.165, 1.54) is 0 Å². The molecule has 0 unspecified atom stereocenters. The van der Waals surface area contributed by atoms with E-state index in [2.05, 4.69) is 20.8 Å². The van der Waals surface area contributed by atoms with Crippen molar-refractivity contribution in [1.82, 2.24) is 14.4 Å². The van der Waals surface area contributed by atoms with Crippen LogP contribution in [-0.2, 0) is 23.2 Å². The quantitative estimate of drug-likeness (QED) is 0.350. The van der Waals surface area contributed by atoms with Crippen LogP contribution in [0, 0.1) is 5.92 Å². The average Bonchev–Trinajstić information content (AvgIpc) is 3.26. The third-order valence-corrected chi connectivity index (χ3v) is 6.27. The van der Waals surface area contributed by atoms with Crippen LogP contribution in [0.1, 0.15) is 56.4 Å². The molecule has 0 spiro atoms. The lowest BCUT2D eigenvalue weighted by Crippen LogP contribution is -2.46. The average molecular weight is 474 g/mol. The van der Waals surface area contributed by atoms with Crippen LogP contribution >= 0.6 is 0 Å². The van der Waals surface area contributed by atoms with Crippen LogP contribution in [-0.4, -0.2) is 45.8 Å². The molecule has 0 aliphatic rings. The number of hydrogen-bond acceptors (Lipinski definition) is 2. The minimum absolute atomic E-state index is 0.00600. The van der Waals surface area contributed by atoms with E-state index in [1.807, 2.05) is 95.5 Å². The molecule has 3 rings (SSSR count). The number of nitrogens with zero attached hydrogens (tertiary/aromatic N) is 3. The highest BCUT2D eigenvalue weighted by atomic mass is 16.2. The van der Waals surface area contributed by atoms with Crippen molar-refractivity contribution in [1.29, 1.82) is 0 Å². The van der Waals surface area contributed by atoms with Crippen LogP contribution in [0.3, 0.4) is 0 Å². The van der Waals surface area contributed by atoms with Crippen LogP contribution in [0.25, 0.3) is 0 Å². The molecule has 2 aromatic carbocycles. The molecule has 0 saturated carbocycles. The summed E-state index contributed by atoms with van der Waals surface area (Å²) in [5.41, 5.74) is 2.97. The van der Waals surface area contributed by atoms with Crippen LogP contribution in [0.5, 0.6) is 0 Å². The van der Waals surface area contributed by atoms with Crippen LogP contribution in [0.2, 0.25) is 0 Å². The number of unbranched alkanes of at least 4 members (excludes halogenated alkanes) is 1. The molecule has 2 amide bonds. The Labute approximate surface area is 210 Å². The van der Waals surface area contributed by atoms with Gasteiger partial charge in [-0.3, -0.25) is 9.59 Å². The number of carbonyl (C=O) groups is 2. The minimum Gasteiger partial charge on any atom is -0.353 e. The second-order valence-electron chi connectivity index (χ2n) is 9.65. The van der Waals surface area contributed by atoms with Crippen molar-refractivity contribution >= 4 is 11.8 Å². The summed E-state index contributed by atoms with van der Waals surface area (Å²) in [6, 6.07) is 23.8. The van der Waals surface area contributed by atoms with Crippen molar-refractivity contribution in [2.75, 3.05) is 19.6 Å². The summed E-state index contributed by atoms with van der Waals surface area (Å²) >= 11 is 0. The van der Waals surface area contributed by atoms with Gasteiger partial charge in [-0.25, -0.2) is 0 Å². The van der Waals surface area contributed by atoms with Gasteiger partial charge in [-0.15, -0.1) is 0 Å². The predicted octanol–water partition coefficient (Wildman–Crippen LogP) is 5.47. The Hall–Kier alpha value is -3.34. The number of aryl methyl sites for hydroxylation is 1. The molecule has 3 aromatic rings. The maximum Gasteiger partial charge on any atom is 0.242 e. The van der Waals surface area contributed by atoms with Crippen LogP contribution < -0.4 is 0 Å². The van der Waals surface area contributed by atoms with E-state index in [1.54, 1.807) is 4.90 Å². The van der Waals surface area contributed by atoms with E-state index in [-0.39, 0.29) is 24.3 Å². The van der Waals surface area contributed by atoms with Gasteiger partial charge in [0.25, 0.3) is 0 Å². The minimum atomic E-state index is -0.444. The van der Waals surface area contributed by atoms with Crippen molar-refractivity contribution in [3.8, 4) is 0 Å². The third kappa shape index (κ3) is 7.32. The molecule has 0 fully saturated rings. The van der Waals surface area contributed by atoms with Gasteiger partial charge in [0, 0.05) is 32.0 Å². The van der Waals surface area contributed by atoms with Gasteiger partial charge in [0.05, 0.1) is 19.0 Å². The molecule has 0 atom stereocenters. The SMILES string of the molecule is CCCCN(Cc1cccn1C)C(=O)CN(CC(C)C)C(=O)C(c1ccccc1)c1ccccc1. The fraction of sp³-hybridized carbons (Fsp3) is 0.400. The normalized spacial score (nSPS) is 11.1. The molecule has 5 nitrogen and oxygen atoms in total. The molecule has 5 heteroatoms. The van der Waals surface area contributed by atoms with E-state index in [4.69, 9.17) is 0 Å². The van der Waals surface area contributed by atoms with E-state index in [0.29, 0.717) is 19.6 Å². The highest BCUT2D eigenvalue weighted by molar-refractivity contribution is 5.91. The number of aromatic nitrogens is 1. The lowest BCUT2D eigenvalue weighted by atomic mass is 9.89. The van der Waals surface area contributed by atoms with Crippen LogP contribution in [0.4, 0.5) is 0 Å². The molecule has 0 radical (unpaired) electrons. The molecule has 1 heterocycles. The van der Waals surface area contributed by atoms with Gasteiger partial charge in [0.2, 0.25) is 11.8 Å². The Balaban J connectivity index is 1.88. The van der Waals surface area contributed by atoms with Crippen molar-refractivity contribution in [3.05, 3.63) is 95.8 Å². The van der Waals surface area contributed by atoms with Gasteiger partial charge in [0.1, 0.15) is 0 Å². The molecular weight excluding hydrogens is 434 g/mol.